The molecule has 0 saturated carbocycles. The largest absolute Gasteiger partial charge is 0.481 e. The molecule has 266 valence electrons. The Bertz CT molecular complexity index is 1130. The summed E-state index contributed by atoms with van der Waals surface area (Å²) in [5.41, 5.74) is 3.54. The van der Waals surface area contributed by atoms with Crippen molar-refractivity contribution in [1.29, 1.82) is 0 Å². The first-order chi connectivity index (χ1) is 22.4. The van der Waals surface area contributed by atoms with Gasteiger partial charge in [-0.1, -0.05) is 84.0 Å². The predicted octanol–water partition coefficient (Wildman–Crippen LogP) is 8.89. The molecule has 7 nitrogen and oxygen atoms in total. The minimum atomic E-state index is -0.645. The van der Waals surface area contributed by atoms with Gasteiger partial charge in [0.25, 0.3) is 0 Å². The zero-order chi connectivity index (χ0) is 35.9. The van der Waals surface area contributed by atoms with Crippen LogP contribution in [-0.4, -0.2) is 64.5 Å². The number of hydrogen-bond donors (Lipinski definition) is 4. The third-order valence-electron chi connectivity index (χ3n) is 9.16. The van der Waals surface area contributed by atoms with Gasteiger partial charge in [-0.3, -0.25) is 10.1 Å². The fourth-order valence-electron chi connectivity index (χ4n) is 5.73. The summed E-state index contributed by atoms with van der Waals surface area (Å²) in [4.78, 5) is 21.6. The molecule has 2 aromatic rings. The molecule has 6 atom stereocenters. The van der Waals surface area contributed by atoms with Crippen molar-refractivity contribution >= 4 is 24.4 Å². The maximum atomic E-state index is 11.0. The fraction of sp³-hybridized carbons (Fsp3) is 0.615. The van der Waals surface area contributed by atoms with Crippen LogP contribution in [0.4, 0.5) is 5.82 Å². The smallest absolute Gasteiger partial charge is 0.307 e. The second-order valence-corrected chi connectivity index (χ2v) is 13.0. The number of likely N-dealkylation sites (tertiary alicyclic amines) is 1. The molecular weight excluding hydrogens is 603 g/mol. The number of aliphatic carboxylic acids is 1. The van der Waals surface area contributed by atoms with Gasteiger partial charge in [-0.05, 0) is 101 Å². The summed E-state index contributed by atoms with van der Waals surface area (Å²) in [6.07, 6.45) is 10.6. The van der Waals surface area contributed by atoms with Crippen LogP contribution in [0.3, 0.4) is 0 Å². The molecule has 0 amide bonds. The van der Waals surface area contributed by atoms with Crippen molar-refractivity contribution in [3.63, 3.8) is 0 Å². The number of benzene rings is 1. The number of hydrogen-bond acceptors (Lipinski definition) is 7. The highest BCUT2D eigenvalue weighted by Gasteiger charge is 2.29. The Balaban J connectivity index is 0.000000719. The molecule has 2 heterocycles. The standard InChI is InChI=1S/C19H33NO2.C10H18N4.C9H12.CH4S/c1-6-8-15(4)18(7-2)16(5)14(3)9-11-20-12-10-17(13-20)19(21)22;1-5-11-9(4)14-10-7(2)8(3)12-6-13-10;1-8(2)9-6-4-3-5-7-9;1-2/h6-7,14-18H,1-2,8-13H2,3-5H3,(H,21,22);6,9,11H,5H2,1-4H3,(H,12,13,14);3-8H,1-2H3;2H,1H3/t14?,15?,16?,17-,18?;;;/m0.../s1. The Morgan fingerprint density at radius 3 is 2.19 bits per heavy atom. The Morgan fingerprint density at radius 2 is 1.70 bits per heavy atom. The van der Waals surface area contributed by atoms with Gasteiger partial charge in [0.2, 0.25) is 0 Å². The first-order valence-corrected chi connectivity index (χ1v) is 18.2. The number of anilines is 1. The molecule has 0 spiro atoms. The van der Waals surface area contributed by atoms with E-state index in [1.165, 1.54) is 5.56 Å². The molecule has 1 aliphatic rings. The number of rotatable bonds is 15. The summed E-state index contributed by atoms with van der Waals surface area (Å²) in [5.74, 6) is 3.05. The van der Waals surface area contributed by atoms with Crippen molar-refractivity contribution < 1.29 is 9.90 Å². The van der Waals surface area contributed by atoms with Gasteiger partial charge in [0.05, 0.1) is 12.1 Å². The van der Waals surface area contributed by atoms with E-state index >= 15 is 0 Å². The van der Waals surface area contributed by atoms with E-state index in [0.29, 0.717) is 36.1 Å². The molecule has 0 bridgehead atoms. The van der Waals surface area contributed by atoms with Crippen molar-refractivity contribution in [2.24, 2.45) is 29.6 Å². The van der Waals surface area contributed by atoms with Crippen molar-refractivity contribution in [3.8, 4) is 0 Å². The molecule has 1 saturated heterocycles. The molecule has 5 unspecified atom stereocenters. The third kappa shape index (κ3) is 17.3. The molecule has 8 heteroatoms. The highest BCUT2D eigenvalue weighted by molar-refractivity contribution is 7.79. The lowest BCUT2D eigenvalue weighted by Crippen LogP contribution is -2.33. The van der Waals surface area contributed by atoms with Crippen molar-refractivity contribution in [3.05, 3.63) is 78.8 Å². The van der Waals surface area contributed by atoms with Crippen LogP contribution in [0, 0.1) is 43.4 Å². The van der Waals surface area contributed by atoms with E-state index in [4.69, 9.17) is 5.11 Å². The minimum Gasteiger partial charge on any atom is -0.481 e. The fourth-order valence-corrected chi connectivity index (χ4v) is 5.73. The van der Waals surface area contributed by atoms with E-state index in [0.717, 1.165) is 56.0 Å². The second-order valence-electron chi connectivity index (χ2n) is 13.0. The van der Waals surface area contributed by atoms with E-state index in [9.17, 15) is 4.79 Å². The van der Waals surface area contributed by atoms with Crippen molar-refractivity contribution in [2.75, 3.05) is 37.8 Å². The number of carbonyl (C=O) groups is 1. The van der Waals surface area contributed by atoms with Gasteiger partial charge in [0, 0.05) is 17.8 Å². The molecule has 1 aliphatic heterocycles. The first kappa shape index (κ1) is 44.3. The molecule has 0 aliphatic carbocycles. The number of aromatic nitrogens is 2. The number of aryl methyl sites for hydroxylation is 1. The molecule has 47 heavy (non-hydrogen) atoms. The summed E-state index contributed by atoms with van der Waals surface area (Å²) >= 11 is 3.53. The van der Waals surface area contributed by atoms with Gasteiger partial charge in [-0.2, -0.15) is 12.6 Å². The lowest BCUT2D eigenvalue weighted by Gasteiger charge is -2.31. The van der Waals surface area contributed by atoms with Gasteiger partial charge in [0.1, 0.15) is 12.1 Å². The molecule has 1 fully saturated rings. The normalized spacial score (nSPS) is 17.2. The Hall–Kier alpha value is -2.68. The van der Waals surface area contributed by atoms with E-state index in [1.54, 1.807) is 12.6 Å². The predicted molar refractivity (Wildman–Crippen MR) is 207 cm³/mol. The van der Waals surface area contributed by atoms with Gasteiger partial charge in [-0.25, -0.2) is 9.97 Å². The number of thiol groups is 1. The first-order valence-electron chi connectivity index (χ1n) is 17.3. The molecule has 1 aromatic carbocycles. The van der Waals surface area contributed by atoms with E-state index in [2.05, 4.69) is 130 Å². The lowest BCUT2D eigenvalue weighted by atomic mass is 9.75. The molecule has 0 radical (unpaired) electrons. The molecule has 3 rings (SSSR count). The average molecular weight is 670 g/mol. The van der Waals surface area contributed by atoms with Crippen LogP contribution in [0.25, 0.3) is 0 Å². The SMILES string of the molecule is C=CCC(C)C(C=C)C(C)C(C)CCN1CC[C@H](C(=O)O)C1.CC(C)c1ccccc1.CCNC(C)Nc1ncnc(C)c1C.CS. The Kier molecular flexibility index (Phi) is 23.9. The Morgan fingerprint density at radius 1 is 1.06 bits per heavy atom. The highest BCUT2D eigenvalue weighted by Crippen LogP contribution is 2.32. The Labute approximate surface area is 293 Å². The summed E-state index contributed by atoms with van der Waals surface area (Å²) in [7, 11) is 0. The summed E-state index contributed by atoms with van der Waals surface area (Å²) in [6.45, 7) is 30.9. The van der Waals surface area contributed by atoms with Crippen LogP contribution < -0.4 is 10.6 Å². The van der Waals surface area contributed by atoms with Gasteiger partial charge >= 0.3 is 5.97 Å². The average Bonchev–Trinajstić information content (AvgIpc) is 3.54. The lowest BCUT2D eigenvalue weighted by molar-refractivity contribution is -0.141. The number of nitrogens with one attached hydrogen (secondary N) is 2. The monoisotopic (exact) mass is 670 g/mol. The molecular formula is C39H67N5O2S. The van der Waals surface area contributed by atoms with Crippen LogP contribution in [0.15, 0.2) is 62.0 Å². The van der Waals surface area contributed by atoms with Crippen molar-refractivity contribution in [2.45, 2.75) is 93.7 Å². The van der Waals surface area contributed by atoms with Crippen LogP contribution in [0.1, 0.15) is 90.5 Å². The minimum absolute atomic E-state index is 0.165. The van der Waals surface area contributed by atoms with E-state index < -0.39 is 5.97 Å². The van der Waals surface area contributed by atoms with Crippen molar-refractivity contribution in [1.82, 2.24) is 20.2 Å². The topological polar surface area (TPSA) is 90.4 Å². The molecule has 3 N–H and O–H groups in total. The number of allylic oxidation sites excluding steroid dienone is 2. The van der Waals surface area contributed by atoms with Crippen LogP contribution in [-0.2, 0) is 4.79 Å². The van der Waals surface area contributed by atoms with Gasteiger partial charge < -0.3 is 15.3 Å². The quantitative estimate of drug-likeness (QED) is 0.0856. The van der Waals surface area contributed by atoms with Crippen LogP contribution in [0.5, 0.6) is 0 Å². The maximum absolute atomic E-state index is 11.0. The van der Waals surface area contributed by atoms with Gasteiger partial charge in [-0.15, -0.1) is 13.2 Å². The van der Waals surface area contributed by atoms with Crippen LogP contribution in [0.2, 0.25) is 0 Å². The third-order valence-corrected chi connectivity index (χ3v) is 9.16. The number of carboxylic acid groups (broad SMARTS) is 1. The highest BCUT2D eigenvalue weighted by atomic mass is 32.1. The van der Waals surface area contributed by atoms with Gasteiger partial charge in [0.15, 0.2) is 0 Å². The zero-order valence-electron chi connectivity index (χ0n) is 31.2. The van der Waals surface area contributed by atoms with E-state index in [1.807, 2.05) is 26.0 Å². The van der Waals surface area contributed by atoms with E-state index in [-0.39, 0.29) is 12.1 Å². The summed E-state index contributed by atoms with van der Waals surface area (Å²) in [5, 5.41) is 15.6. The number of carboxylic acids is 1. The second kappa shape index (κ2) is 25.4. The summed E-state index contributed by atoms with van der Waals surface area (Å²) in [6, 6.07) is 10.5. The zero-order valence-corrected chi connectivity index (χ0v) is 32.1. The van der Waals surface area contributed by atoms with Crippen LogP contribution >= 0.6 is 12.6 Å². The summed E-state index contributed by atoms with van der Waals surface area (Å²) < 4.78 is 0. The number of nitrogens with zero attached hydrogens (tertiary/aromatic N) is 3. The maximum Gasteiger partial charge on any atom is 0.307 e. The molecule has 1 aromatic heterocycles.